The largest absolute Gasteiger partial charge is 0.304 e. The van der Waals surface area contributed by atoms with E-state index in [1.54, 1.807) is 6.92 Å². The number of hydrogen-bond donors (Lipinski definition) is 1. The van der Waals surface area contributed by atoms with Crippen molar-refractivity contribution in [2.45, 2.75) is 19.4 Å². The number of benzene rings is 1. The molecule has 1 aliphatic heterocycles. The van der Waals surface area contributed by atoms with Crippen LogP contribution >= 0.6 is 0 Å². The van der Waals surface area contributed by atoms with Gasteiger partial charge in [0.05, 0.1) is 5.75 Å². The number of piperazine rings is 1. The molecule has 1 atom stereocenters. The first-order valence-electron chi connectivity index (χ1n) is 7.94. The monoisotopic (exact) mass is 325 g/mol. The molecule has 5 nitrogen and oxygen atoms in total. The van der Waals surface area contributed by atoms with E-state index in [0.29, 0.717) is 6.54 Å². The van der Waals surface area contributed by atoms with Crippen LogP contribution in [0.5, 0.6) is 0 Å². The molecule has 124 valence electrons. The summed E-state index contributed by atoms with van der Waals surface area (Å²) in [6.45, 7) is 6.19. The molecule has 0 aliphatic carbocycles. The van der Waals surface area contributed by atoms with Crippen molar-refractivity contribution < 1.29 is 8.42 Å². The second-order valence-corrected chi connectivity index (χ2v) is 8.03. The fourth-order valence-electron chi connectivity index (χ4n) is 2.73. The molecule has 0 bridgehead atoms. The van der Waals surface area contributed by atoms with Gasteiger partial charge in [0.15, 0.2) is 0 Å². The van der Waals surface area contributed by atoms with Crippen molar-refractivity contribution in [3.63, 3.8) is 0 Å². The third-order valence-electron chi connectivity index (χ3n) is 4.29. The maximum absolute atomic E-state index is 11.8. The van der Waals surface area contributed by atoms with Gasteiger partial charge in [-0.2, -0.15) is 0 Å². The SMILES string of the molecule is CCS(=O)(=O)NCC(Cc1ccccc1)N1CCN(C)CC1. The highest BCUT2D eigenvalue weighted by atomic mass is 32.2. The number of nitrogens with one attached hydrogen (secondary N) is 1. The van der Waals surface area contributed by atoms with E-state index in [0.717, 1.165) is 32.6 Å². The molecule has 0 aromatic heterocycles. The van der Waals surface area contributed by atoms with Crippen LogP contribution in [0.15, 0.2) is 30.3 Å². The second-order valence-electron chi connectivity index (χ2n) is 5.93. The van der Waals surface area contributed by atoms with Crippen LogP contribution in [0.25, 0.3) is 0 Å². The average Bonchev–Trinajstić information content (AvgIpc) is 2.53. The van der Waals surface area contributed by atoms with E-state index < -0.39 is 10.0 Å². The van der Waals surface area contributed by atoms with Gasteiger partial charge in [0.1, 0.15) is 0 Å². The van der Waals surface area contributed by atoms with Gasteiger partial charge in [-0.3, -0.25) is 4.90 Å². The Kier molecular flexibility index (Phi) is 6.37. The molecule has 22 heavy (non-hydrogen) atoms. The van der Waals surface area contributed by atoms with Gasteiger partial charge in [-0.1, -0.05) is 30.3 Å². The minimum absolute atomic E-state index is 0.133. The summed E-state index contributed by atoms with van der Waals surface area (Å²) >= 11 is 0. The molecule has 0 saturated carbocycles. The zero-order valence-corrected chi connectivity index (χ0v) is 14.3. The Morgan fingerprint density at radius 1 is 1.14 bits per heavy atom. The zero-order valence-electron chi connectivity index (χ0n) is 13.5. The number of nitrogens with zero attached hydrogens (tertiary/aromatic N) is 2. The molecule has 1 heterocycles. The summed E-state index contributed by atoms with van der Waals surface area (Å²) < 4.78 is 26.3. The molecule has 0 amide bonds. The Hall–Kier alpha value is -0.950. The number of rotatable bonds is 7. The lowest BCUT2D eigenvalue weighted by atomic mass is 10.0. The molecule has 2 rings (SSSR count). The van der Waals surface area contributed by atoms with Gasteiger partial charge < -0.3 is 4.90 Å². The van der Waals surface area contributed by atoms with Crippen LogP contribution < -0.4 is 4.72 Å². The summed E-state index contributed by atoms with van der Waals surface area (Å²) in [5.74, 6) is 0.133. The molecule has 0 spiro atoms. The molecule has 1 aliphatic rings. The van der Waals surface area contributed by atoms with E-state index in [2.05, 4.69) is 33.7 Å². The van der Waals surface area contributed by atoms with Crippen LogP contribution in [0.4, 0.5) is 0 Å². The summed E-state index contributed by atoms with van der Waals surface area (Å²) in [6, 6.07) is 10.5. The van der Waals surface area contributed by atoms with Crippen molar-refractivity contribution in [3.8, 4) is 0 Å². The predicted octanol–water partition coefficient (Wildman–Crippen LogP) is 0.784. The van der Waals surface area contributed by atoms with Crippen LogP contribution in [0, 0.1) is 0 Å². The van der Waals surface area contributed by atoms with Gasteiger partial charge in [0.25, 0.3) is 0 Å². The lowest BCUT2D eigenvalue weighted by Gasteiger charge is -2.38. The highest BCUT2D eigenvalue weighted by Crippen LogP contribution is 2.11. The van der Waals surface area contributed by atoms with Crippen molar-refractivity contribution in [1.82, 2.24) is 14.5 Å². The van der Waals surface area contributed by atoms with Crippen molar-refractivity contribution in [2.24, 2.45) is 0 Å². The Morgan fingerprint density at radius 3 is 2.36 bits per heavy atom. The summed E-state index contributed by atoms with van der Waals surface area (Å²) in [5, 5.41) is 0. The first-order chi connectivity index (χ1) is 10.5. The zero-order chi connectivity index (χ0) is 16.0. The summed E-state index contributed by atoms with van der Waals surface area (Å²) in [7, 11) is -1.02. The summed E-state index contributed by atoms with van der Waals surface area (Å²) in [5.41, 5.74) is 1.25. The molecule has 6 heteroatoms. The van der Waals surface area contributed by atoms with E-state index >= 15 is 0 Å². The third-order valence-corrected chi connectivity index (χ3v) is 5.65. The summed E-state index contributed by atoms with van der Waals surface area (Å²) in [6.07, 6.45) is 0.872. The number of hydrogen-bond acceptors (Lipinski definition) is 4. The normalized spacial score (nSPS) is 19.2. The average molecular weight is 325 g/mol. The quantitative estimate of drug-likeness (QED) is 0.805. The van der Waals surface area contributed by atoms with Gasteiger partial charge in [-0.15, -0.1) is 0 Å². The van der Waals surface area contributed by atoms with Crippen molar-refractivity contribution in [3.05, 3.63) is 35.9 Å². The lowest BCUT2D eigenvalue weighted by molar-refractivity contribution is 0.112. The van der Waals surface area contributed by atoms with Gasteiger partial charge in [-0.05, 0) is 26.0 Å². The Balaban J connectivity index is 2.03. The van der Waals surface area contributed by atoms with E-state index in [4.69, 9.17) is 0 Å². The number of sulfonamides is 1. The molecule has 1 N–H and O–H groups in total. The minimum Gasteiger partial charge on any atom is -0.304 e. The molecule has 1 aromatic carbocycles. The van der Waals surface area contributed by atoms with Crippen LogP contribution in [-0.2, 0) is 16.4 Å². The first kappa shape index (κ1) is 17.4. The topological polar surface area (TPSA) is 52.7 Å². The fourth-order valence-corrected chi connectivity index (χ4v) is 3.38. The molecule has 0 radical (unpaired) electrons. The third kappa shape index (κ3) is 5.35. The van der Waals surface area contributed by atoms with Gasteiger partial charge in [0, 0.05) is 38.8 Å². The van der Waals surface area contributed by atoms with Crippen molar-refractivity contribution in [2.75, 3.05) is 45.5 Å². The number of likely N-dealkylation sites (N-methyl/N-ethyl adjacent to an activating group) is 1. The molecular formula is C16H27N3O2S. The van der Waals surface area contributed by atoms with Crippen molar-refractivity contribution in [1.29, 1.82) is 0 Å². The van der Waals surface area contributed by atoms with Gasteiger partial charge >= 0.3 is 0 Å². The van der Waals surface area contributed by atoms with Crippen LogP contribution in [0.3, 0.4) is 0 Å². The molecule has 1 fully saturated rings. The van der Waals surface area contributed by atoms with E-state index in [-0.39, 0.29) is 11.8 Å². The maximum atomic E-state index is 11.8. The standard InChI is InChI=1S/C16H27N3O2S/c1-3-22(20,21)17-14-16(13-15-7-5-4-6-8-15)19-11-9-18(2)10-12-19/h4-8,16-17H,3,9-14H2,1-2H3. The maximum Gasteiger partial charge on any atom is 0.211 e. The van der Waals surface area contributed by atoms with Crippen LogP contribution in [-0.4, -0.2) is 69.8 Å². The smallest absolute Gasteiger partial charge is 0.211 e. The fraction of sp³-hybridized carbons (Fsp3) is 0.625. The van der Waals surface area contributed by atoms with E-state index in [9.17, 15) is 8.42 Å². The molecule has 1 unspecified atom stereocenters. The Labute approximate surface area is 134 Å². The molecule has 1 aromatic rings. The second kappa shape index (κ2) is 8.06. The molecule has 1 saturated heterocycles. The predicted molar refractivity (Wildman–Crippen MR) is 90.5 cm³/mol. The van der Waals surface area contributed by atoms with Crippen LogP contribution in [0.2, 0.25) is 0 Å². The van der Waals surface area contributed by atoms with E-state index in [1.807, 2.05) is 18.2 Å². The highest BCUT2D eigenvalue weighted by Gasteiger charge is 2.23. The Bertz CT molecular complexity index is 540. The first-order valence-corrected chi connectivity index (χ1v) is 9.59. The van der Waals surface area contributed by atoms with Gasteiger partial charge in [-0.25, -0.2) is 13.1 Å². The van der Waals surface area contributed by atoms with E-state index in [1.165, 1.54) is 5.56 Å². The summed E-state index contributed by atoms with van der Waals surface area (Å²) in [4.78, 5) is 4.72. The van der Waals surface area contributed by atoms with Crippen molar-refractivity contribution >= 4 is 10.0 Å². The Morgan fingerprint density at radius 2 is 1.77 bits per heavy atom. The highest BCUT2D eigenvalue weighted by molar-refractivity contribution is 7.89. The minimum atomic E-state index is -3.14. The lowest BCUT2D eigenvalue weighted by Crippen LogP contribution is -2.53. The van der Waals surface area contributed by atoms with Crippen LogP contribution in [0.1, 0.15) is 12.5 Å². The van der Waals surface area contributed by atoms with Gasteiger partial charge in [0.2, 0.25) is 10.0 Å². The molecular weight excluding hydrogens is 298 g/mol.